The van der Waals surface area contributed by atoms with Crippen molar-refractivity contribution in [3.05, 3.63) is 89.8 Å². The van der Waals surface area contributed by atoms with Crippen molar-refractivity contribution in [1.82, 2.24) is 0 Å². The SMILES string of the molecule is CC=CC1CCC(c2ccc(-c3ccc(-c4ccc(OCCCCCCC)c(F)c4F)cc3)cc2F)OC1. The number of halogens is 3. The summed E-state index contributed by atoms with van der Waals surface area (Å²) in [6.07, 6.45) is 11.0. The van der Waals surface area contributed by atoms with Gasteiger partial charge in [0.2, 0.25) is 5.82 Å². The van der Waals surface area contributed by atoms with Crippen molar-refractivity contribution >= 4 is 0 Å². The molecule has 5 heteroatoms. The minimum absolute atomic E-state index is 0.0618. The average Bonchev–Trinajstić information content (AvgIpc) is 2.94. The minimum atomic E-state index is -0.972. The number of benzene rings is 3. The molecule has 0 saturated carbocycles. The third-order valence-corrected chi connectivity index (χ3v) is 7.20. The monoisotopic (exact) mass is 522 g/mol. The first kappa shape index (κ1) is 28.0. The van der Waals surface area contributed by atoms with E-state index in [0.717, 1.165) is 49.7 Å². The van der Waals surface area contributed by atoms with Crippen molar-refractivity contribution in [3.8, 4) is 28.0 Å². The Bertz CT molecular complexity index is 1210. The second kappa shape index (κ2) is 13.7. The molecule has 0 N–H and O–H groups in total. The van der Waals surface area contributed by atoms with Crippen LogP contribution in [-0.4, -0.2) is 13.2 Å². The molecule has 3 aromatic carbocycles. The van der Waals surface area contributed by atoms with Crippen LogP contribution in [0.25, 0.3) is 22.3 Å². The van der Waals surface area contributed by atoms with E-state index in [-0.39, 0.29) is 23.2 Å². The van der Waals surface area contributed by atoms with Crippen LogP contribution in [0.5, 0.6) is 5.75 Å². The van der Waals surface area contributed by atoms with Crippen molar-refractivity contribution in [3.63, 3.8) is 0 Å². The lowest BCUT2D eigenvalue weighted by molar-refractivity contribution is -0.00711. The number of rotatable bonds is 11. The van der Waals surface area contributed by atoms with Crippen LogP contribution in [0.2, 0.25) is 0 Å². The molecule has 3 aromatic rings. The molecule has 1 heterocycles. The summed E-state index contributed by atoms with van der Waals surface area (Å²) in [5, 5.41) is 0. The van der Waals surface area contributed by atoms with Gasteiger partial charge in [0.1, 0.15) is 5.82 Å². The molecule has 2 atom stereocenters. The molecule has 0 amide bonds. The number of hydrogen-bond donors (Lipinski definition) is 0. The van der Waals surface area contributed by atoms with Crippen molar-refractivity contribution in [1.29, 1.82) is 0 Å². The molecule has 38 heavy (non-hydrogen) atoms. The molecule has 4 rings (SSSR count). The average molecular weight is 523 g/mol. The fourth-order valence-corrected chi connectivity index (χ4v) is 5.01. The normalized spacial score (nSPS) is 17.7. The largest absolute Gasteiger partial charge is 0.490 e. The Morgan fingerprint density at radius 1 is 0.842 bits per heavy atom. The fraction of sp³-hybridized carbons (Fsp3) is 0.394. The van der Waals surface area contributed by atoms with Gasteiger partial charge in [-0.15, -0.1) is 0 Å². The molecule has 0 spiro atoms. The molecule has 0 bridgehead atoms. The van der Waals surface area contributed by atoms with Gasteiger partial charge in [0.25, 0.3) is 0 Å². The van der Waals surface area contributed by atoms with Gasteiger partial charge in [0.15, 0.2) is 11.6 Å². The van der Waals surface area contributed by atoms with Crippen molar-refractivity contribution in [2.24, 2.45) is 5.92 Å². The molecule has 1 aliphatic heterocycles. The van der Waals surface area contributed by atoms with Crippen LogP contribution in [0.15, 0.2) is 66.7 Å². The second-order valence-corrected chi connectivity index (χ2v) is 10.0. The minimum Gasteiger partial charge on any atom is -0.490 e. The van der Waals surface area contributed by atoms with Gasteiger partial charge in [-0.25, -0.2) is 8.78 Å². The summed E-state index contributed by atoms with van der Waals surface area (Å²) < 4.78 is 56.0. The van der Waals surface area contributed by atoms with Crippen LogP contribution in [-0.2, 0) is 4.74 Å². The zero-order chi connectivity index (χ0) is 26.9. The van der Waals surface area contributed by atoms with E-state index in [0.29, 0.717) is 30.3 Å². The summed E-state index contributed by atoms with van der Waals surface area (Å²) in [4.78, 5) is 0. The maximum Gasteiger partial charge on any atom is 0.201 e. The van der Waals surface area contributed by atoms with Gasteiger partial charge >= 0.3 is 0 Å². The van der Waals surface area contributed by atoms with Crippen LogP contribution in [0.1, 0.15) is 70.5 Å². The second-order valence-electron chi connectivity index (χ2n) is 10.0. The maximum atomic E-state index is 15.0. The Kier molecular flexibility index (Phi) is 10.1. The molecule has 202 valence electrons. The van der Waals surface area contributed by atoms with E-state index in [1.54, 1.807) is 36.4 Å². The Balaban J connectivity index is 1.41. The predicted octanol–water partition coefficient (Wildman–Crippen LogP) is 9.83. The molecule has 1 saturated heterocycles. The maximum absolute atomic E-state index is 15.0. The van der Waals surface area contributed by atoms with E-state index < -0.39 is 11.6 Å². The number of allylic oxidation sites excluding steroid dienone is 1. The number of hydrogen-bond acceptors (Lipinski definition) is 2. The van der Waals surface area contributed by atoms with Crippen LogP contribution in [0.3, 0.4) is 0 Å². The molecular weight excluding hydrogens is 485 g/mol. The Hall–Kier alpha value is -3.05. The van der Waals surface area contributed by atoms with E-state index >= 15 is 4.39 Å². The zero-order valence-electron chi connectivity index (χ0n) is 22.3. The van der Waals surface area contributed by atoms with Crippen molar-refractivity contribution in [2.75, 3.05) is 13.2 Å². The van der Waals surface area contributed by atoms with E-state index in [2.05, 4.69) is 13.0 Å². The summed E-state index contributed by atoms with van der Waals surface area (Å²) in [7, 11) is 0. The first-order valence-corrected chi connectivity index (χ1v) is 13.8. The Morgan fingerprint density at radius 2 is 1.58 bits per heavy atom. The van der Waals surface area contributed by atoms with Gasteiger partial charge in [-0.2, -0.15) is 4.39 Å². The van der Waals surface area contributed by atoms with Crippen LogP contribution < -0.4 is 4.74 Å². The first-order valence-electron chi connectivity index (χ1n) is 13.8. The summed E-state index contributed by atoms with van der Waals surface area (Å²) >= 11 is 0. The smallest absolute Gasteiger partial charge is 0.201 e. The predicted molar refractivity (Wildman–Crippen MR) is 148 cm³/mol. The lowest BCUT2D eigenvalue weighted by Crippen LogP contribution is -2.20. The highest BCUT2D eigenvalue weighted by Gasteiger charge is 2.24. The fourth-order valence-electron chi connectivity index (χ4n) is 5.01. The Morgan fingerprint density at radius 3 is 2.26 bits per heavy atom. The van der Waals surface area contributed by atoms with E-state index in [4.69, 9.17) is 9.47 Å². The van der Waals surface area contributed by atoms with Crippen LogP contribution in [0, 0.1) is 23.4 Å². The van der Waals surface area contributed by atoms with Gasteiger partial charge in [0, 0.05) is 17.0 Å². The summed E-state index contributed by atoms with van der Waals surface area (Å²) in [6.45, 7) is 5.11. The van der Waals surface area contributed by atoms with Gasteiger partial charge in [-0.3, -0.25) is 0 Å². The van der Waals surface area contributed by atoms with Crippen molar-refractivity contribution in [2.45, 2.75) is 64.9 Å². The highest BCUT2D eigenvalue weighted by Crippen LogP contribution is 2.35. The van der Waals surface area contributed by atoms with Gasteiger partial charge in [-0.1, -0.05) is 81.2 Å². The lowest BCUT2D eigenvalue weighted by Gasteiger charge is -2.28. The molecular formula is C33H37F3O2. The third-order valence-electron chi connectivity index (χ3n) is 7.20. The standard InChI is InChI=1S/C33H37F3O2/c1-3-5-6-7-8-20-37-31-19-17-27(32(35)33(31)36)25-13-11-24(12-14-25)26-15-16-28(29(34)21-26)30-18-10-23(9-4-2)22-38-30/h4,9,11-17,19,21,23,30H,3,5-8,10,18,20,22H2,1-2H3. The topological polar surface area (TPSA) is 18.5 Å². The van der Waals surface area contributed by atoms with Crippen LogP contribution in [0.4, 0.5) is 13.2 Å². The van der Waals surface area contributed by atoms with E-state index in [9.17, 15) is 8.78 Å². The van der Waals surface area contributed by atoms with E-state index in [1.165, 1.54) is 18.6 Å². The van der Waals surface area contributed by atoms with Gasteiger partial charge in [-0.05, 0) is 61.1 Å². The first-order chi connectivity index (χ1) is 18.5. The molecule has 2 unspecified atom stereocenters. The quantitative estimate of drug-likeness (QED) is 0.184. The molecule has 0 aromatic heterocycles. The molecule has 0 aliphatic carbocycles. The highest BCUT2D eigenvalue weighted by molar-refractivity contribution is 5.71. The summed E-state index contributed by atoms with van der Waals surface area (Å²) in [5.74, 6) is -1.87. The summed E-state index contributed by atoms with van der Waals surface area (Å²) in [5.41, 5.74) is 2.79. The lowest BCUT2D eigenvalue weighted by atomic mass is 9.93. The number of unbranched alkanes of at least 4 members (excludes halogenated alkanes) is 4. The van der Waals surface area contributed by atoms with Gasteiger partial charge in [0.05, 0.1) is 19.3 Å². The van der Waals surface area contributed by atoms with Gasteiger partial charge < -0.3 is 9.47 Å². The molecule has 0 radical (unpaired) electrons. The molecule has 1 fully saturated rings. The van der Waals surface area contributed by atoms with E-state index in [1.807, 2.05) is 19.1 Å². The zero-order valence-corrected chi connectivity index (χ0v) is 22.3. The Labute approximate surface area is 224 Å². The summed E-state index contributed by atoms with van der Waals surface area (Å²) in [6, 6.07) is 15.2. The highest BCUT2D eigenvalue weighted by atomic mass is 19.2. The molecule has 2 nitrogen and oxygen atoms in total. The van der Waals surface area contributed by atoms with Crippen molar-refractivity contribution < 1.29 is 22.6 Å². The number of ether oxygens (including phenoxy) is 2. The van der Waals surface area contributed by atoms with Crippen LogP contribution >= 0.6 is 0 Å². The molecule has 1 aliphatic rings. The third kappa shape index (κ3) is 6.87.